The summed E-state index contributed by atoms with van der Waals surface area (Å²) >= 11 is 0. The Bertz CT molecular complexity index is 536. The highest BCUT2D eigenvalue weighted by molar-refractivity contribution is 7.85. The van der Waals surface area contributed by atoms with E-state index in [1.54, 1.807) is 31.2 Å². The van der Waals surface area contributed by atoms with E-state index < -0.39 is 22.1 Å². The number of nitriles is 1. The van der Waals surface area contributed by atoms with Crippen LogP contribution < -0.4 is 5.73 Å². The number of carbonyl (C=O) groups excluding carboxylic acids is 1. The van der Waals surface area contributed by atoms with E-state index in [9.17, 15) is 13.2 Å². The van der Waals surface area contributed by atoms with Crippen molar-refractivity contribution in [2.45, 2.75) is 17.9 Å². The molecule has 0 saturated carbocycles. The molecule has 104 valence electrons. The number of benzene rings is 1. The molecule has 0 aromatic heterocycles. The summed E-state index contributed by atoms with van der Waals surface area (Å²) in [6.45, 7) is 1.91. The van der Waals surface area contributed by atoms with Crippen molar-refractivity contribution in [3.63, 3.8) is 0 Å². The second-order valence-electron chi connectivity index (χ2n) is 3.15. The zero-order valence-electron chi connectivity index (χ0n) is 10.2. The Kier molecular flexibility index (Phi) is 7.36. The third-order valence-electron chi connectivity index (χ3n) is 1.72. The molecule has 0 aliphatic heterocycles. The molecule has 0 fully saturated rings. The van der Waals surface area contributed by atoms with E-state index in [4.69, 9.17) is 15.5 Å². The van der Waals surface area contributed by atoms with Gasteiger partial charge in [0.25, 0.3) is 10.1 Å². The van der Waals surface area contributed by atoms with Crippen LogP contribution in [-0.2, 0) is 19.6 Å². The number of nitrogens with zero attached hydrogens (tertiary/aromatic N) is 1. The Hall–Kier alpha value is -1.95. The van der Waals surface area contributed by atoms with Gasteiger partial charge in [-0.05, 0) is 19.1 Å². The molecular formula is C11H14N2O5S. The molecule has 1 rings (SSSR count). The maximum Gasteiger partial charge on any atom is 0.337 e. The zero-order valence-corrected chi connectivity index (χ0v) is 11.0. The molecule has 1 aromatic carbocycles. The van der Waals surface area contributed by atoms with Crippen molar-refractivity contribution in [2.75, 3.05) is 6.61 Å². The molecule has 1 unspecified atom stereocenters. The number of ether oxygens (including phenoxy) is 1. The Labute approximate surface area is 111 Å². The zero-order chi connectivity index (χ0) is 14.9. The Morgan fingerprint density at radius 1 is 1.47 bits per heavy atom. The molecule has 1 aromatic rings. The van der Waals surface area contributed by atoms with Crippen LogP contribution in [0.4, 0.5) is 0 Å². The molecule has 7 nitrogen and oxygen atoms in total. The fraction of sp³-hybridized carbons (Fsp3) is 0.273. The number of nitrogens with two attached hydrogens (primary N) is 1. The maximum absolute atomic E-state index is 10.4. The van der Waals surface area contributed by atoms with Crippen LogP contribution in [0, 0.1) is 11.3 Å². The normalized spacial score (nSPS) is 11.5. The minimum atomic E-state index is -4.00. The van der Waals surface area contributed by atoms with Gasteiger partial charge in [0, 0.05) is 0 Å². The molecule has 0 amide bonds. The van der Waals surface area contributed by atoms with Crippen LogP contribution in [-0.4, -0.2) is 31.6 Å². The molecule has 3 N–H and O–H groups in total. The van der Waals surface area contributed by atoms with Crippen molar-refractivity contribution in [3.8, 4) is 6.07 Å². The van der Waals surface area contributed by atoms with Gasteiger partial charge in [0.2, 0.25) is 0 Å². The number of hydrogen-bond donors (Lipinski definition) is 2. The molecule has 8 heteroatoms. The van der Waals surface area contributed by atoms with Gasteiger partial charge in [-0.1, -0.05) is 18.2 Å². The molecule has 0 saturated heterocycles. The molecule has 0 bridgehead atoms. The molecular weight excluding hydrogens is 272 g/mol. The summed E-state index contributed by atoms with van der Waals surface area (Å²) in [7, 11) is -4.00. The standard InChI is InChI=1S/C6H6O3S.C5H8N2O2/c7-10(8,9)6-4-2-1-3-5-6;1-2-9-5(8)4(7)3-6/h1-5H,(H,7,8,9);4H,2,7H2,1H3. The predicted octanol–water partition coefficient (Wildman–Crippen LogP) is 0.334. The topological polar surface area (TPSA) is 130 Å². The maximum atomic E-state index is 10.4. The van der Waals surface area contributed by atoms with E-state index in [1.807, 2.05) is 0 Å². The van der Waals surface area contributed by atoms with Gasteiger partial charge in [0.1, 0.15) is 0 Å². The first kappa shape index (κ1) is 17.1. The lowest BCUT2D eigenvalue weighted by Crippen LogP contribution is -2.30. The first-order valence-corrected chi connectivity index (χ1v) is 6.61. The van der Waals surface area contributed by atoms with Gasteiger partial charge in [-0.2, -0.15) is 13.7 Å². The van der Waals surface area contributed by atoms with Crippen LogP contribution in [0.2, 0.25) is 0 Å². The Morgan fingerprint density at radius 3 is 2.32 bits per heavy atom. The van der Waals surface area contributed by atoms with Crippen molar-refractivity contribution >= 4 is 16.1 Å². The average Bonchev–Trinajstić information content (AvgIpc) is 2.39. The van der Waals surface area contributed by atoms with Crippen LogP contribution in [0.1, 0.15) is 6.92 Å². The van der Waals surface area contributed by atoms with E-state index in [0.29, 0.717) is 0 Å². The van der Waals surface area contributed by atoms with Gasteiger partial charge in [-0.25, -0.2) is 4.79 Å². The van der Waals surface area contributed by atoms with Crippen LogP contribution in [0.15, 0.2) is 35.2 Å². The summed E-state index contributed by atoms with van der Waals surface area (Å²) in [6, 6.07) is 7.84. The van der Waals surface area contributed by atoms with Gasteiger partial charge in [0.15, 0.2) is 6.04 Å². The smallest absolute Gasteiger partial charge is 0.337 e. The summed E-state index contributed by atoms with van der Waals surface area (Å²) in [4.78, 5) is 10.3. The van der Waals surface area contributed by atoms with Gasteiger partial charge in [0.05, 0.1) is 17.6 Å². The SMILES string of the molecule is CCOC(=O)C(N)C#N.O=S(=O)(O)c1ccccc1. The van der Waals surface area contributed by atoms with Gasteiger partial charge < -0.3 is 10.5 Å². The summed E-state index contributed by atoms with van der Waals surface area (Å²) in [5, 5.41) is 8.06. The molecule has 1 atom stereocenters. The highest BCUT2D eigenvalue weighted by Gasteiger charge is 2.11. The van der Waals surface area contributed by atoms with E-state index in [1.165, 1.54) is 12.1 Å². The lowest BCUT2D eigenvalue weighted by atomic mass is 10.4. The summed E-state index contributed by atoms with van der Waals surface area (Å²) in [5.74, 6) is -0.667. The molecule has 0 spiro atoms. The fourth-order valence-corrected chi connectivity index (χ4v) is 1.38. The lowest BCUT2D eigenvalue weighted by Gasteiger charge is -2.00. The van der Waals surface area contributed by atoms with Crippen molar-refractivity contribution < 1.29 is 22.5 Å². The molecule has 0 aliphatic carbocycles. The van der Waals surface area contributed by atoms with Crippen LogP contribution in [0.25, 0.3) is 0 Å². The third kappa shape index (κ3) is 7.15. The van der Waals surface area contributed by atoms with E-state index in [0.717, 1.165) is 0 Å². The summed E-state index contributed by atoms with van der Waals surface area (Å²) < 4.78 is 33.6. The van der Waals surface area contributed by atoms with E-state index >= 15 is 0 Å². The number of hydrogen-bond acceptors (Lipinski definition) is 6. The van der Waals surface area contributed by atoms with Crippen molar-refractivity contribution in [2.24, 2.45) is 5.73 Å². The van der Waals surface area contributed by atoms with Gasteiger partial charge in [-0.15, -0.1) is 0 Å². The van der Waals surface area contributed by atoms with Gasteiger partial charge >= 0.3 is 5.97 Å². The molecule has 0 aliphatic rings. The number of carbonyl (C=O) groups is 1. The van der Waals surface area contributed by atoms with Crippen molar-refractivity contribution in [1.29, 1.82) is 5.26 Å². The minimum Gasteiger partial charge on any atom is -0.464 e. The van der Waals surface area contributed by atoms with Crippen molar-refractivity contribution in [1.82, 2.24) is 0 Å². The van der Waals surface area contributed by atoms with Crippen LogP contribution in [0.3, 0.4) is 0 Å². The summed E-state index contributed by atoms with van der Waals surface area (Å²) in [5.41, 5.74) is 4.97. The second-order valence-corrected chi connectivity index (χ2v) is 4.57. The highest BCUT2D eigenvalue weighted by atomic mass is 32.2. The third-order valence-corrected chi connectivity index (χ3v) is 2.59. The fourth-order valence-electron chi connectivity index (χ4n) is 0.877. The number of rotatable bonds is 3. The van der Waals surface area contributed by atoms with E-state index in [-0.39, 0.29) is 11.5 Å². The molecule has 0 heterocycles. The van der Waals surface area contributed by atoms with E-state index in [2.05, 4.69) is 4.74 Å². The molecule has 19 heavy (non-hydrogen) atoms. The minimum absolute atomic E-state index is 0.0741. The van der Waals surface area contributed by atoms with Crippen LogP contribution >= 0.6 is 0 Å². The number of esters is 1. The predicted molar refractivity (Wildman–Crippen MR) is 66.5 cm³/mol. The molecule has 0 radical (unpaired) electrons. The first-order valence-electron chi connectivity index (χ1n) is 5.17. The Balaban J connectivity index is 0.000000344. The quantitative estimate of drug-likeness (QED) is 0.604. The average molecular weight is 286 g/mol. The van der Waals surface area contributed by atoms with Gasteiger partial charge in [-0.3, -0.25) is 4.55 Å². The lowest BCUT2D eigenvalue weighted by molar-refractivity contribution is -0.143. The monoisotopic (exact) mass is 286 g/mol. The second kappa shape index (κ2) is 8.20. The largest absolute Gasteiger partial charge is 0.464 e. The highest BCUT2D eigenvalue weighted by Crippen LogP contribution is 2.05. The summed E-state index contributed by atoms with van der Waals surface area (Å²) in [6.07, 6.45) is 0. The first-order chi connectivity index (χ1) is 8.82. The van der Waals surface area contributed by atoms with Crippen molar-refractivity contribution in [3.05, 3.63) is 30.3 Å². The van der Waals surface area contributed by atoms with Crippen LogP contribution in [0.5, 0.6) is 0 Å². The Morgan fingerprint density at radius 2 is 2.00 bits per heavy atom.